The number of fused-ring (bicyclic) bond motifs is 1. The average molecular weight is 563 g/mol. The summed E-state index contributed by atoms with van der Waals surface area (Å²) in [5.41, 5.74) is 0.553. The second-order valence-electron chi connectivity index (χ2n) is 8.77. The molecule has 12 heteroatoms. The molecule has 4 heterocycles. The fourth-order valence-electron chi connectivity index (χ4n) is 4.32. The van der Waals surface area contributed by atoms with Crippen LogP contribution in [-0.4, -0.2) is 41.3 Å². The molecule has 0 aliphatic rings. The fraction of sp³-hybridized carbons (Fsp3) is 0.172. The first-order valence-electron chi connectivity index (χ1n) is 12.3. The molecule has 1 amide bonds. The number of carbonyl (C=O) groups is 1. The number of rotatable bonds is 9. The number of methoxy groups -OCH3 is 2. The highest BCUT2D eigenvalue weighted by molar-refractivity contribution is 6.04. The van der Waals surface area contributed by atoms with Gasteiger partial charge in [0.05, 0.1) is 38.1 Å². The fourth-order valence-corrected chi connectivity index (χ4v) is 4.32. The molecule has 1 N–H and O–H groups in total. The molecule has 0 aliphatic heterocycles. The number of carbonyl (C=O) groups excluding carboxylic acids is 1. The second-order valence-corrected chi connectivity index (χ2v) is 8.77. The van der Waals surface area contributed by atoms with Crippen molar-refractivity contribution in [2.75, 3.05) is 26.2 Å². The van der Waals surface area contributed by atoms with Crippen LogP contribution in [0.25, 0.3) is 22.4 Å². The number of aromatic nitrogens is 3. The lowest BCUT2D eigenvalue weighted by molar-refractivity contribution is 0.102. The van der Waals surface area contributed by atoms with E-state index in [1.165, 1.54) is 55.6 Å². The third-order valence-corrected chi connectivity index (χ3v) is 6.32. The van der Waals surface area contributed by atoms with Crippen LogP contribution < -0.4 is 25.0 Å². The van der Waals surface area contributed by atoms with Crippen molar-refractivity contribution in [2.45, 2.75) is 13.5 Å². The number of pyridine rings is 3. The largest absolute Gasteiger partial charge is 0.491 e. The molecule has 0 bridgehead atoms. The molecule has 0 atom stereocenters. The Balaban J connectivity index is 1.43. The summed E-state index contributed by atoms with van der Waals surface area (Å²) in [5.74, 6) is -0.697. The Kier molecular flexibility index (Phi) is 7.64. The minimum atomic E-state index is -0.797. The van der Waals surface area contributed by atoms with Gasteiger partial charge in [0.15, 0.2) is 23.1 Å². The van der Waals surface area contributed by atoms with Crippen LogP contribution in [0, 0.1) is 12.7 Å². The number of alkyl halides is 1. The summed E-state index contributed by atoms with van der Waals surface area (Å²) >= 11 is 0. The topological polar surface area (TPSA) is 118 Å². The quantitative estimate of drug-likeness (QED) is 0.249. The molecule has 41 heavy (non-hydrogen) atoms. The van der Waals surface area contributed by atoms with E-state index in [1.807, 2.05) is 0 Å². The molecule has 210 valence electrons. The number of ether oxygens (including phenoxy) is 3. The number of benzene rings is 1. The zero-order chi connectivity index (χ0) is 29.1. The van der Waals surface area contributed by atoms with Gasteiger partial charge in [-0.25, -0.2) is 13.8 Å². The Hall–Kier alpha value is -5.26. The molecule has 1 aromatic carbocycles. The van der Waals surface area contributed by atoms with Crippen molar-refractivity contribution in [2.24, 2.45) is 0 Å². The van der Waals surface area contributed by atoms with Gasteiger partial charge >= 0.3 is 0 Å². The van der Waals surface area contributed by atoms with Crippen LogP contribution in [0.1, 0.15) is 16.1 Å². The number of halogens is 2. The molecular formula is C29H24F2N4O6. The van der Waals surface area contributed by atoms with Crippen molar-refractivity contribution in [1.29, 1.82) is 0 Å². The van der Waals surface area contributed by atoms with Gasteiger partial charge in [0, 0.05) is 42.0 Å². The number of nitrogens with one attached hydrogen (secondary N) is 1. The predicted octanol–water partition coefficient (Wildman–Crippen LogP) is 5.53. The highest BCUT2D eigenvalue weighted by Gasteiger charge is 2.22. The lowest BCUT2D eigenvalue weighted by atomic mass is 10.1. The summed E-state index contributed by atoms with van der Waals surface area (Å²) in [7, 11) is 2.91. The Morgan fingerprint density at radius 1 is 1.10 bits per heavy atom. The lowest BCUT2D eigenvalue weighted by Gasteiger charge is -2.15. The van der Waals surface area contributed by atoms with E-state index in [2.05, 4.69) is 15.3 Å². The maximum absolute atomic E-state index is 15.1. The van der Waals surface area contributed by atoms with E-state index in [0.29, 0.717) is 22.5 Å². The molecule has 5 aromatic rings. The van der Waals surface area contributed by atoms with Crippen molar-refractivity contribution in [3.05, 3.63) is 88.4 Å². The zero-order valence-electron chi connectivity index (χ0n) is 22.2. The highest BCUT2D eigenvalue weighted by atomic mass is 19.1. The lowest BCUT2D eigenvalue weighted by Crippen LogP contribution is -2.26. The van der Waals surface area contributed by atoms with Crippen LogP contribution in [0.2, 0.25) is 0 Å². The molecule has 0 unspecified atom stereocenters. The minimum absolute atomic E-state index is 0.0699. The van der Waals surface area contributed by atoms with Crippen molar-refractivity contribution in [3.8, 4) is 34.5 Å². The summed E-state index contributed by atoms with van der Waals surface area (Å²) in [6.45, 7) is 0.856. The van der Waals surface area contributed by atoms with Crippen LogP contribution >= 0.6 is 0 Å². The average Bonchev–Trinajstić information content (AvgIpc) is 3.50. The van der Waals surface area contributed by atoms with Crippen LogP contribution in [0.3, 0.4) is 0 Å². The van der Waals surface area contributed by atoms with Gasteiger partial charge in [-0.15, -0.1) is 0 Å². The number of amides is 1. The number of anilines is 1. The minimum Gasteiger partial charge on any atom is -0.491 e. The van der Waals surface area contributed by atoms with Gasteiger partial charge < -0.3 is 28.5 Å². The predicted molar refractivity (Wildman–Crippen MR) is 146 cm³/mol. The summed E-state index contributed by atoms with van der Waals surface area (Å²) < 4.78 is 51.5. The SMILES string of the molecule is COc1cc2nccc(Oc3ccc(NC(=O)c4cn(CCF)c(C)c(-c5ccco5)c4=O)cc3F)c2nc1OC. The number of hydrogen-bond donors (Lipinski definition) is 1. The first-order chi connectivity index (χ1) is 19.8. The van der Waals surface area contributed by atoms with Gasteiger partial charge in [0.25, 0.3) is 11.8 Å². The monoisotopic (exact) mass is 562 g/mol. The van der Waals surface area contributed by atoms with Crippen molar-refractivity contribution >= 4 is 22.6 Å². The summed E-state index contributed by atoms with van der Waals surface area (Å²) in [5, 5.41) is 2.52. The van der Waals surface area contributed by atoms with E-state index >= 15 is 4.39 Å². The van der Waals surface area contributed by atoms with E-state index in [4.69, 9.17) is 18.6 Å². The maximum atomic E-state index is 15.1. The zero-order valence-corrected chi connectivity index (χ0v) is 22.2. The van der Waals surface area contributed by atoms with Gasteiger partial charge in [0.2, 0.25) is 5.43 Å². The summed E-state index contributed by atoms with van der Waals surface area (Å²) in [6, 6.07) is 10.1. The molecule has 10 nitrogen and oxygen atoms in total. The van der Waals surface area contributed by atoms with Gasteiger partial charge in [-0.2, -0.15) is 0 Å². The number of furan rings is 1. The van der Waals surface area contributed by atoms with E-state index < -0.39 is 23.8 Å². The Labute approximate surface area is 232 Å². The molecule has 0 fully saturated rings. The Morgan fingerprint density at radius 2 is 1.93 bits per heavy atom. The second kappa shape index (κ2) is 11.5. The van der Waals surface area contributed by atoms with Crippen LogP contribution in [-0.2, 0) is 6.54 Å². The van der Waals surface area contributed by atoms with E-state index in [0.717, 1.165) is 6.07 Å². The molecule has 0 saturated carbocycles. The third kappa shape index (κ3) is 5.31. The van der Waals surface area contributed by atoms with Gasteiger partial charge in [-0.1, -0.05) is 0 Å². The molecule has 5 rings (SSSR count). The van der Waals surface area contributed by atoms with Crippen LogP contribution in [0.5, 0.6) is 23.1 Å². The van der Waals surface area contributed by atoms with Gasteiger partial charge in [0.1, 0.15) is 23.5 Å². The van der Waals surface area contributed by atoms with Crippen LogP contribution in [0.4, 0.5) is 14.5 Å². The Bertz CT molecular complexity index is 1800. The van der Waals surface area contributed by atoms with E-state index in [9.17, 15) is 14.0 Å². The Morgan fingerprint density at radius 3 is 2.61 bits per heavy atom. The summed E-state index contributed by atoms with van der Waals surface area (Å²) in [6.07, 6.45) is 4.15. The van der Waals surface area contributed by atoms with Crippen molar-refractivity contribution in [1.82, 2.24) is 14.5 Å². The van der Waals surface area contributed by atoms with Crippen molar-refractivity contribution in [3.63, 3.8) is 0 Å². The van der Waals surface area contributed by atoms with Crippen LogP contribution in [0.15, 0.2) is 70.3 Å². The third-order valence-electron chi connectivity index (χ3n) is 6.32. The highest BCUT2D eigenvalue weighted by Crippen LogP contribution is 2.35. The molecule has 4 aromatic heterocycles. The number of hydrogen-bond acceptors (Lipinski definition) is 8. The number of aryl methyl sites for hydroxylation is 1. The molecule has 0 saturated heterocycles. The standard InChI is InChI=1S/C29H24F2N4O6/c1-16-25(22-5-4-12-40-22)27(36)18(15-35(16)11-9-30)28(37)33-17-6-7-21(19(31)13-17)41-23-8-10-32-20-14-24(38-2)29(39-3)34-26(20)23/h4-8,10,12-15H,9,11H2,1-3H3,(H,33,37). The normalized spacial score (nSPS) is 11.0. The summed E-state index contributed by atoms with van der Waals surface area (Å²) in [4.78, 5) is 35.0. The first kappa shape index (κ1) is 27.3. The molecular weight excluding hydrogens is 538 g/mol. The molecule has 0 radical (unpaired) electrons. The van der Waals surface area contributed by atoms with E-state index in [-0.39, 0.29) is 46.5 Å². The molecule has 0 aliphatic carbocycles. The molecule has 0 spiro atoms. The number of nitrogens with zero attached hydrogens (tertiary/aromatic N) is 3. The van der Waals surface area contributed by atoms with E-state index in [1.54, 1.807) is 25.1 Å². The van der Waals surface area contributed by atoms with Crippen molar-refractivity contribution < 1.29 is 32.2 Å². The van der Waals surface area contributed by atoms with Gasteiger partial charge in [-0.05, 0) is 31.2 Å². The maximum Gasteiger partial charge on any atom is 0.261 e. The van der Waals surface area contributed by atoms with Gasteiger partial charge in [-0.3, -0.25) is 14.6 Å². The smallest absolute Gasteiger partial charge is 0.261 e. The first-order valence-corrected chi connectivity index (χ1v) is 12.3.